The Kier molecular flexibility index (Phi) is 4.00. The van der Waals surface area contributed by atoms with Crippen molar-refractivity contribution in [2.24, 2.45) is 0 Å². The SMILES string of the molecule is C=C/C(=C\CC)c1c(F)ccc2occ(/C=C\C)c12. The van der Waals surface area contributed by atoms with Gasteiger partial charge in [-0.2, -0.15) is 0 Å². The fraction of sp³-hybridized carbons (Fsp3) is 0.176. The number of hydrogen-bond acceptors (Lipinski definition) is 1. The van der Waals surface area contributed by atoms with Gasteiger partial charge in [-0.25, -0.2) is 4.39 Å². The molecule has 0 amide bonds. The van der Waals surface area contributed by atoms with Crippen molar-refractivity contribution in [1.29, 1.82) is 0 Å². The molecule has 0 atom stereocenters. The highest BCUT2D eigenvalue weighted by molar-refractivity contribution is 5.99. The smallest absolute Gasteiger partial charge is 0.135 e. The zero-order chi connectivity index (χ0) is 13.8. The van der Waals surface area contributed by atoms with E-state index in [1.165, 1.54) is 6.07 Å². The number of halogens is 1. The largest absolute Gasteiger partial charge is 0.464 e. The number of rotatable bonds is 4. The fourth-order valence-corrected chi connectivity index (χ4v) is 2.22. The molecule has 0 aliphatic carbocycles. The molecule has 1 heterocycles. The normalized spacial score (nSPS) is 12.5. The number of benzene rings is 1. The second-order valence-corrected chi connectivity index (χ2v) is 4.26. The maximum Gasteiger partial charge on any atom is 0.135 e. The molecule has 2 aromatic rings. The average molecular weight is 256 g/mol. The van der Waals surface area contributed by atoms with Gasteiger partial charge >= 0.3 is 0 Å². The lowest BCUT2D eigenvalue weighted by Gasteiger charge is -2.07. The zero-order valence-electron chi connectivity index (χ0n) is 11.2. The maximum absolute atomic E-state index is 14.2. The third-order valence-corrected chi connectivity index (χ3v) is 3.00. The Morgan fingerprint density at radius 1 is 1.42 bits per heavy atom. The Labute approximate surface area is 112 Å². The predicted molar refractivity (Wildman–Crippen MR) is 79.3 cm³/mol. The molecule has 2 rings (SSSR count). The van der Waals surface area contributed by atoms with Crippen LogP contribution in [0.5, 0.6) is 0 Å². The van der Waals surface area contributed by atoms with Crippen LogP contribution < -0.4 is 0 Å². The van der Waals surface area contributed by atoms with Gasteiger partial charge in [0.05, 0.1) is 6.26 Å². The molecule has 0 radical (unpaired) electrons. The van der Waals surface area contributed by atoms with Crippen LogP contribution in [0, 0.1) is 5.82 Å². The van der Waals surface area contributed by atoms with E-state index in [0.717, 1.165) is 22.9 Å². The summed E-state index contributed by atoms with van der Waals surface area (Å²) in [5.41, 5.74) is 2.94. The number of hydrogen-bond donors (Lipinski definition) is 0. The van der Waals surface area contributed by atoms with Crippen LogP contribution in [0.2, 0.25) is 0 Å². The molecule has 1 aromatic carbocycles. The van der Waals surface area contributed by atoms with Gasteiger partial charge in [0, 0.05) is 16.5 Å². The summed E-state index contributed by atoms with van der Waals surface area (Å²) in [4.78, 5) is 0. The maximum atomic E-state index is 14.2. The van der Waals surface area contributed by atoms with E-state index in [1.54, 1.807) is 18.4 Å². The first-order chi connectivity index (χ1) is 9.22. The van der Waals surface area contributed by atoms with Gasteiger partial charge in [-0.3, -0.25) is 0 Å². The molecule has 0 bridgehead atoms. The first kappa shape index (κ1) is 13.3. The summed E-state index contributed by atoms with van der Waals surface area (Å²) in [6, 6.07) is 3.10. The summed E-state index contributed by atoms with van der Waals surface area (Å²) >= 11 is 0. The molecule has 98 valence electrons. The van der Waals surface area contributed by atoms with E-state index in [4.69, 9.17) is 4.42 Å². The highest BCUT2D eigenvalue weighted by Gasteiger charge is 2.15. The molecule has 0 spiro atoms. The van der Waals surface area contributed by atoms with Gasteiger partial charge < -0.3 is 4.42 Å². The molecule has 0 saturated heterocycles. The fourth-order valence-electron chi connectivity index (χ4n) is 2.22. The van der Waals surface area contributed by atoms with Crippen molar-refractivity contribution in [2.45, 2.75) is 20.3 Å². The highest BCUT2D eigenvalue weighted by Crippen LogP contribution is 2.33. The number of furan rings is 1. The van der Waals surface area contributed by atoms with Crippen LogP contribution in [0.15, 0.2) is 47.6 Å². The van der Waals surface area contributed by atoms with Crippen LogP contribution in [-0.4, -0.2) is 0 Å². The van der Waals surface area contributed by atoms with Gasteiger partial charge in [0.2, 0.25) is 0 Å². The molecule has 0 N–H and O–H groups in total. The summed E-state index contributed by atoms with van der Waals surface area (Å²) in [6.07, 6.45) is 9.97. The van der Waals surface area contributed by atoms with Crippen LogP contribution >= 0.6 is 0 Å². The number of allylic oxidation sites excluding steroid dienone is 4. The average Bonchev–Trinajstić information content (AvgIpc) is 2.81. The lowest BCUT2D eigenvalue weighted by Crippen LogP contribution is -1.90. The molecule has 0 saturated carbocycles. The first-order valence-electron chi connectivity index (χ1n) is 6.38. The zero-order valence-corrected chi connectivity index (χ0v) is 11.2. The van der Waals surface area contributed by atoms with Crippen molar-refractivity contribution in [2.75, 3.05) is 0 Å². The van der Waals surface area contributed by atoms with Gasteiger partial charge in [0.1, 0.15) is 11.4 Å². The molecular weight excluding hydrogens is 239 g/mol. The van der Waals surface area contributed by atoms with Crippen LogP contribution in [0.25, 0.3) is 22.6 Å². The summed E-state index contributed by atoms with van der Waals surface area (Å²) in [5.74, 6) is -0.251. The Morgan fingerprint density at radius 3 is 2.84 bits per heavy atom. The summed E-state index contributed by atoms with van der Waals surface area (Å²) in [7, 11) is 0. The molecule has 2 heteroatoms. The Morgan fingerprint density at radius 2 is 2.21 bits per heavy atom. The van der Waals surface area contributed by atoms with Crippen LogP contribution in [0.4, 0.5) is 4.39 Å². The van der Waals surface area contributed by atoms with Crippen molar-refractivity contribution >= 4 is 22.6 Å². The van der Waals surface area contributed by atoms with E-state index < -0.39 is 0 Å². The highest BCUT2D eigenvalue weighted by atomic mass is 19.1. The molecule has 0 aliphatic heterocycles. The predicted octanol–water partition coefficient (Wildman–Crippen LogP) is 5.58. The van der Waals surface area contributed by atoms with Gasteiger partial charge in [0.15, 0.2) is 0 Å². The molecular formula is C17H17FO. The summed E-state index contributed by atoms with van der Waals surface area (Å²) in [6.45, 7) is 7.72. The van der Waals surface area contributed by atoms with Crippen molar-refractivity contribution in [3.05, 3.63) is 60.1 Å². The quantitative estimate of drug-likeness (QED) is 0.650. The third-order valence-electron chi connectivity index (χ3n) is 3.00. The van der Waals surface area contributed by atoms with E-state index in [2.05, 4.69) is 6.58 Å². The topological polar surface area (TPSA) is 13.1 Å². The molecule has 0 aliphatic rings. The minimum absolute atomic E-state index is 0.251. The van der Waals surface area contributed by atoms with Crippen molar-refractivity contribution in [3.63, 3.8) is 0 Å². The molecule has 0 unspecified atom stereocenters. The van der Waals surface area contributed by atoms with E-state index in [-0.39, 0.29) is 5.82 Å². The minimum atomic E-state index is -0.251. The lowest BCUT2D eigenvalue weighted by atomic mass is 9.97. The van der Waals surface area contributed by atoms with Gasteiger partial charge in [-0.15, -0.1) is 0 Å². The van der Waals surface area contributed by atoms with Crippen molar-refractivity contribution < 1.29 is 8.81 Å². The molecule has 1 aromatic heterocycles. The van der Waals surface area contributed by atoms with Crippen LogP contribution in [-0.2, 0) is 0 Å². The summed E-state index contributed by atoms with van der Waals surface area (Å²) < 4.78 is 19.7. The summed E-state index contributed by atoms with van der Waals surface area (Å²) in [5, 5.41) is 0.803. The van der Waals surface area contributed by atoms with E-state index in [9.17, 15) is 4.39 Å². The monoisotopic (exact) mass is 256 g/mol. The molecule has 19 heavy (non-hydrogen) atoms. The molecule has 0 fully saturated rings. The second-order valence-electron chi connectivity index (χ2n) is 4.26. The second kappa shape index (κ2) is 5.70. The van der Waals surface area contributed by atoms with Crippen LogP contribution in [0.3, 0.4) is 0 Å². The minimum Gasteiger partial charge on any atom is -0.464 e. The third kappa shape index (κ3) is 2.39. The lowest BCUT2D eigenvalue weighted by molar-refractivity contribution is 0.608. The Hall–Kier alpha value is -2.09. The van der Waals surface area contributed by atoms with Crippen LogP contribution in [0.1, 0.15) is 31.4 Å². The van der Waals surface area contributed by atoms with E-state index in [0.29, 0.717) is 11.1 Å². The van der Waals surface area contributed by atoms with E-state index in [1.807, 2.05) is 32.1 Å². The Bertz CT molecular complexity index is 659. The first-order valence-corrected chi connectivity index (χ1v) is 6.38. The van der Waals surface area contributed by atoms with Crippen molar-refractivity contribution in [3.8, 4) is 0 Å². The number of fused-ring (bicyclic) bond motifs is 1. The molecule has 1 nitrogen and oxygen atoms in total. The van der Waals surface area contributed by atoms with Gasteiger partial charge in [0.25, 0.3) is 0 Å². The standard InChI is InChI=1S/C17H17FO/c1-4-7-12(6-3)16-14(18)9-10-15-17(16)13(8-5-2)11-19-15/h5-11H,3-4H2,1-2H3/b8-5-,12-7+. The van der Waals surface area contributed by atoms with Crippen molar-refractivity contribution in [1.82, 2.24) is 0 Å². The Balaban J connectivity index is 2.83. The van der Waals surface area contributed by atoms with E-state index >= 15 is 0 Å². The van der Waals surface area contributed by atoms with Gasteiger partial charge in [-0.1, -0.05) is 37.8 Å². The van der Waals surface area contributed by atoms with Gasteiger partial charge in [-0.05, 0) is 31.1 Å².